The third kappa shape index (κ3) is 2.95. The van der Waals surface area contributed by atoms with E-state index in [1.165, 1.54) is 16.7 Å². The molecule has 2 heteroatoms. The number of rotatable bonds is 3. The highest BCUT2D eigenvalue weighted by molar-refractivity contribution is 5.58. The fourth-order valence-electron chi connectivity index (χ4n) is 2.06. The van der Waals surface area contributed by atoms with E-state index in [-0.39, 0.29) is 6.04 Å². The van der Waals surface area contributed by atoms with Crippen molar-refractivity contribution < 1.29 is 0 Å². The average molecular weight is 250 g/mol. The molecule has 0 spiro atoms. The van der Waals surface area contributed by atoms with Crippen molar-refractivity contribution >= 4 is 5.69 Å². The van der Waals surface area contributed by atoms with E-state index in [2.05, 4.69) is 50.4 Å². The zero-order valence-corrected chi connectivity index (χ0v) is 11.6. The molecule has 1 atom stereocenters. The molecule has 2 aromatic rings. The Bertz CT molecular complexity index is 623. The van der Waals surface area contributed by atoms with Gasteiger partial charge in [-0.2, -0.15) is 5.26 Å². The zero-order valence-electron chi connectivity index (χ0n) is 11.6. The van der Waals surface area contributed by atoms with E-state index in [0.29, 0.717) is 5.56 Å². The van der Waals surface area contributed by atoms with E-state index < -0.39 is 0 Å². The highest BCUT2D eigenvalue weighted by Gasteiger charge is 2.08. The lowest BCUT2D eigenvalue weighted by Gasteiger charge is -2.17. The third-order valence-corrected chi connectivity index (χ3v) is 3.45. The van der Waals surface area contributed by atoms with Crippen LogP contribution in [0.5, 0.6) is 0 Å². The van der Waals surface area contributed by atoms with E-state index >= 15 is 0 Å². The molecule has 0 saturated carbocycles. The molecule has 0 radical (unpaired) electrons. The topological polar surface area (TPSA) is 35.8 Å². The second kappa shape index (κ2) is 5.58. The van der Waals surface area contributed by atoms with Crippen LogP contribution in [0.2, 0.25) is 0 Å². The molecule has 0 aliphatic heterocycles. The molecule has 0 aliphatic rings. The SMILES string of the molecule is Cc1ccc(C(C)Nc2ccccc2C#N)cc1C. The Morgan fingerprint density at radius 2 is 1.79 bits per heavy atom. The van der Waals surface area contributed by atoms with Gasteiger partial charge < -0.3 is 5.32 Å². The molecule has 0 amide bonds. The first-order valence-electron chi connectivity index (χ1n) is 6.44. The summed E-state index contributed by atoms with van der Waals surface area (Å²) in [6, 6.07) is 16.4. The van der Waals surface area contributed by atoms with Gasteiger partial charge >= 0.3 is 0 Å². The number of hydrogen-bond acceptors (Lipinski definition) is 2. The van der Waals surface area contributed by atoms with Gasteiger partial charge in [-0.1, -0.05) is 30.3 Å². The Morgan fingerprint density at radius 1 is 1.05 bits per heavy atom. The second-order valence-electron chi connectivity index (χ2n) is 4.87. The molecule has 1 N–H and O–H groups in total. The normalized spacial score (nSPS) is 11.7. The zero-order chi connectivity index (χ0) is 13.8. The first-order chi connectivity index (χ1) is 9.11. The van der Waals surface area contributed by atoms with Gasteiger partial charge in [-0.25, -0.2) is 0 Å². The summed E-state index contributed by atoms with van der Waals surface area (Å²) in [5, 5.41) is 12.5. The van der Waals surface area contributed by atoms with E-state index in [9.17, 15) is 0 Å². The molecule has 2 nitrogen and oxygen atoms in total. The summed E-state index contributed by atoms with van der Waals surface area (Å²) in [5.41, 5.74) is 5.39. The van der Waals surface area contributed by atoms with Crippen LogP contribution in [0.4, 0.5) is 5.69 Å². The number of nitriles is 1. The Kier molecular flexibility index (Phi) is 3.87. The van der Waals surface area contributed by atoms with Crippen LogP contribution in [-0.4, -0.2) is 0 Å². The molecule has 2 rings (SSSR count). The van der Waals surface area contributed by atoms with Gasteiger partial charge in [-0.05, 0) is 49.6 Å². The highest BCUT2D eigenvalue weighted by Crippen LogP contribution is 2.23. The van der Waals surface area contributed by atoms with E-state index in [4.69, 9.17) is 5.26 Å². The van der Waals surface area contributed by atoms with E-state index in [1.54, 1.807) is 0 Å². The van der Waals surface area contributed by atoms with Crippen LogP contribution in [0.15, 0.2) is 42.5 Å². The van der Waals surface area contributed by atoms with E-state index in [0.717, 1.165) is 5.69 Å². The Morgan fingerprint density at radius 3 is 2.47 bits per heavy atom. The second-order valence-corrected chi connectivity index (χ2v) is 4.87. The van der Waals surface area contributed by atoms with Gasteiger partial charge in [0, 0.05) is 6.04 Å². The molecule has 0 bridgehead atoms. The number of hydrogen-bond donors (Lipinski definition) is 1. The standard InChI is InChI=1S/C17H18N2/c1-12-8-9-15(10-13(12)2)14(3)19-17-7-5-4-6-16(17)11-18/h4-10,14,19H,1-3H3. The first kappa shape index (κ1) is 13.2. The van der Waals surface area contributed by atoms with Crippen LogP contribution >= 0.6 is 0 Å². The lowest BCUT2D eigenvalue weighted by molar-refractivity contribution is 0.881. The van der Waals surface area contributed by atoms with Crippen molar-refractivity contribution in [2.45, 2.75) is 26.8 Å². The maximum Gasteiger partial charge on any atom is 0.101 e. The summed E-state index contributed by atoms with van der Waals surface area (Å²) in [6.45, 7) is 6.34. The van der Waals surface area contributed by atoms with Crippen molar-refractivity contribution in [2.75, 3.05) is 5.32 Å². The molecule has 0 aliphatic carbocycles. The van der Waals surface area contributed by atoms with Crippen LogP contribution in [0, 0.1) is 25.2 Å². The maximum atomic E-state index is 9.09. The summed E-state index contributed by atoms with van der Waals surface area (Å²) < 4.78 is 0. The summed E-state index contributed by atoms with van der Waals surface area (Å²) in [7, 11) is 0. The van der Waals surface area contributed by atoms with Gasteiger partial charge in [0.25, 0.3) is 0 Å². The molecule has 0 saturated heterocycles. The molecule has 0 heterocycles. The number of nitrogens with zero attached hydrogens (tertiary/aromatic N) is 1. The fraction of sp³-hybridized carbons (Fsp3) is 0.235. The smallest absolute Gasteiger partial charge is 0.101 e. The number of para-hydroxylation sites is 1. The molecule has 2 aromatic carbocycles. The van der Waals surface area contributed by atoms with Crippen molar-refractivity contribution in [1.29, 1.82) is 5.26 Å². The summed E-state index contributed by atoms with van der Waals surface area (Å²) >= 11 is 0. The van der Waals surface area contributed by atoms with Gasteiger partial charge in [0.2, 0.25) is 0 Å². The largest absolute Gasteiger partial charge is 0.377 e. The van der Waals surface area contributed by atoms with Crippen molar-refractivity contribution in [1.82, 2.24) is 0 Å². The van der Waals surface area contributed by atoms with Crippen LogP contribution in [0.1, 0.15) is 35.2 Å². The lowest BCUT2D eigenvalue weighted by Crippen LogP contribution is -2.08. The number of benzene rings is 2. The van der Waals surface area contributed by atoms with Crippen LogP contribution in [-0.2, 0) is 0 Å². The molecular formula is C17H18N2. The number of nitrogens with one attached hydrogen (secondary N) is 1. The number of aryl methyl sites for hydroxylation is 2. The molecule has 0 fully saturated rings. The monoisotopic (exact) mass is 250 g/mol. The predicted molar refractivity (Wildman–Crippen MR) is 79.1 cm³/mol. The quantitative estimate of drug-likeness (QED) is 0.879. The Balaban J connectivity index is 2.23. The minimum Gasteiger partial charge on any atom is -0.377 e. The molecule has 0 aromatic heterocycles. The van der Waals surface area contributed by atoms with Crippen molar-refractivity contribution in [3.05, 3.63) is 64.7 Å². The minimum atomic E-state index is 0.175. The van der Waals surface area contributed by atoms with Gasteiger partial charge in [0.1, 0.15) is 6.07 Å². The van der Waals surface area contributed by atoms with Crippen molar-refractivity contribution in [2.24, 2.45) is 0 Å². The first-order valence-corrected chi connectivity index (χ1v) is 6.44. The van der Waals surface area contributed by atoms with Gasteiger partial charge in [-0.15, -0.1) is 0 Å². The molecular weight excluding hydrogens is 232 g/mol. The van der Waals surface area contributed by atoms with Crippen molar-refractivity contribution in [3.8, 4) is 6.07 Å². The summed E-state index contributed by atoms with van der Waals surface area (Å²) in [5.74, 6) is 0. The van der Waals surface area contributed by atoms with Crippen LogP contribution in [0.25, 0.3) is 0 Å². The lowest BCUT2D eigenvalue weighted by atomic mass is 10.0. The van der Waals surface area contributed by atoms with Crippen LogP contribution in [0.3, 0.4) is 0 Å². The molecule has 1 unspecified atom stereocenters. The molecule has 96 valence electrons. The average Bonchev–Trinajstić information content (AvgIpc) is 2.42. The molecule has 19 heavy (non-hydrogen) atoms. The summed E-state index contributed by atoms with van der Waals surface area (Å²) in [6.07, 6.45) is 0. The maximum absolute atomic E-state index is 9.09. The third-order valence-electron chi connectivity index (χ3n) is 3.45. The fourth-order valence-corrected chi connectivity index (χ4v) is 2.06. The van der Waals surface area contributed by atoms with Gasteiger partial charge in [0.15, 0.2) is 0 Å². The van der Waals surface area contributed by atoms with Gasteiger partial charge in [0.05, 0.1) is 11.3 Å². The Labute approximate surface area is 114 Å². The number of anilines is 1. The van der Waals surface area contributed by atoms with E-state index in [1.807, 2.05) is 24.3 Å². The summed E-state index contributed by atoms with van der Waals surface area (Å²) in [4.78, 5) is 0. The minimum absolute atomic E-state index is 0.175. The van der Waals surface area contributed by atoms with Crippen molar-refractivity contribution in [3.63, 3.8) is 0 Å². The Hall–Kier alpha value is -2.27. The highest BCUT2D eigenvalue weighted by atomic mass is 14.9. The van der Waals surface area contributed by atoms with Crippen LogP contribution < -0.4 is 5.32 Å². The van der Waals surface area contributed by atoms with Gasteiger partial charge in [-0.3, -0.25) is 0 Å². The predicted octanol–water partition coefficient (Wildman–Crippen LogP) is 4.35.